The van der Waals surface area contributed by atoms with Crippen LogP contribution in [0.3, 0.4) is 0 Å². The molecular weight excluding hydrogens is 364 g/mol. The lowest BCUT2D eigenvalue weighted by Gasteiger charge is -2.28. The number of ether oxygens (including phenoxy) is 1. The van der Waals surface area contributed by atoms with Crippen molar-refractivity contribution in [1.82, 2.24) is 15.3 Å². The quantitative estimate of drug-likeness (QED) is 0.715. The van der Waals surface area contributed by atoms with Gasteiger partial charge in [0.2, 0.25) is 9.84 Å². The van der Waals surface area contributed by atoms with Crippen LogP contribution in [0.5, 0.6) is 5.75 Å². The molecule has 27 heavy (non-hydrogen) atoms. The molecule has 0 spiro atoms. The number of anilines is 1. The molecule has 5 rings (SSSR count). The number of sulfone groups is 1. The number of aromatic amines is 1. The maximum atomic E-state index is 13.5. The molecule has 0 bridgehead atoms. The molecule has 0 saturated carbocycles. The van der Waals surface area contributed by atoms with Crippen molar-refractivity contribution in [3.63, 3.8) is 0 Å². The number of nitrogens with one attached hydrogen (secondary N) is 2. The number of hydrogen-bond donors (Lipinski definition) is 2. The van der Waals surface area contributed by atoms with Crippen molar-refractivity contribution in [3.05, 3.63) is 42.2 Å². The molecule has 2 aliphatic rings. The topological polar surface area (TPSA) is 87.3 Å². The Morgan fingerprint density at radius 2 is 1.96 bits per heavy atom. The van der Waals surface area contributed by atoms with E-state index in [1.54, 1.807) is 24.4 Å². The molecule has 140 valence electrons. The standard InChI is InChI=1S/C19H20N4O3S/c24-27(25,16-3-1-2-15-13(16)5-11-26-15)17-4-6-21-18-14(12-22-19(17)18)23-9-7-20-8-10-23/h1-4,6,12,20,22H,5,7-11H2. The summed E-state index contributed by atoms with van der Waals surface area (Å²) in [4.78, 5) is 10.4. The van der Waals surface area contributed by atoms with Gasteiger partial charge in [-0.1, -0.05) is 6.07 Å². The average Bonchev–Trinajstić information content (AvgIpc) is 3.35. The van der Waals surface area contributed by atoms with Crippen molar-refractivity contribution in [2.75, 3.05) is 37.7 Å². The molecule has 3 aromatic rings. The lowest BCUT2D eigenvalue weighted by molar-refractivity contribution is 0.357. The van der Waals surface area contributed by atoms with E-state index in [-0.39, 0.29) is 4.90 Å². The van der Waals surface area contributed by atoms with Crippen molar-refractivity contribution < 1.29 is 13.2 Å². The maximum absolute atomic E-state index is 13.5. The summed E-state index contributed by atoms with van der Waals surface area (Å²) in [5, 5.41) is 3.33. The van der Waals surface area contributed by atoms with Crippen molar-refractivity contribution in [1.29, 1.82) is 0 Å². The molecule has 4 heterocycles. The Kier molecular flexibility index (Phi) is 3.84. The van der Waals surface area contributed by atoms with E-state index in [9.17, 15) is 8.42 Å². The number of hydrogen-bond acceptors (Lipinski definition) is 6. The Labute approximate surface area is 157 Å². The summed E-state index contributed by atoms with van der Waals surface area (Å²) < 4.78 is 32.5. The molecule has 1 fully saturated rings. The lowest BCUT2D eigenvalue weighted by atomic mass is 10.2. The third-order valence-corrected chi connectivity index (χ3v) is 7.13. The second-order valence-electron chi connectivity index (χ2n) is 6.78. The van der Waals surface area contributed by atoms with Gasteiger partial charge in [-0.3, -0.25) is 4.98 Å². The minimum absolute atomic E-state index is 0.259. The first kappa shape index (κ1) is 16.6. The summed E-state index contributed by atoms with van der Waals surface area (Å²) in [6, 6.07) is 6.79. The van der Waals surface area contributed by atoms with Gasteiger partial charge in [-0.2, -0.15) is 0 Å². The average molecular weight is 384 g/mol. The summed E-state index contributed by atoms with van der Waals surface area (Å²) in [5.41, 5.74) is 2.96. The summed E-state index contributed by atoms with van der Waals surface area (Å²) in [5.74, 6) is 0.661. The SMILES string of the molecule is O=S(=O)(c1cccc2c1CCO2)c1ccnc2c(N3CCNCC3)c[nH]c12. The molecule has 0 atom stereocenters. The second-order valence-corrected chi connectivity index (χ2v) is 8.66. The van der Waals surface area contributed by atoms with Crippen LogP contribution >= 0.6 is 0 Å². The van der Waals surface area contributed by atoms with Gasteiger partial charge in [0, 0.05) is 50.6 Å². The van der Waals surface area contributed by atoms with Gasteiger partial charge in [0.05, 0.1) is 27.6 Å². The van der Waals surface area contributed by atoms with Gasteiger partial charge in [-0.05, 0) is 18.2 Å². The van der Waals surface area contributed by atoms with Crippen molar-refractivity contribution in [2.45, 2.75) is 16.2 Å². The van der Waals surface area contributed by atoms with Gasteiger partial charge in [0.15, 0.2) is 0 Å². The minimum atomic E-state index is -3.69. The molecule has 2 aromatic heterocycles. The number of rotatable bonds is 3. The number of fused-ring (bicyclic) bond motifs is 2. The van der Waals surface area contributed by atoms with E-state index in [4.69, 9.17) is 4.74 Å². The first-order chi connectivity index (χ1) is 13.2. The van der Waals surface area contributed by atoms with Crippen LogP contribution in [0.4, 0.5) is 5.69 Å². The van der Waals surface area contributed by atoms with Crippen LogP contribution in [0, 0.1) is 0 Å². The zero-order valence-electron chi connectivity index (χ0n) is 14.7. The maximum Gasteiger partial charge on any atom is 0.209 e. The van der Waals surface area contributed by atoms with Gasteiger partial charge in [-0.15, -0.1) is 0 Å². The normalized spacial score (nSPS) is 17.1. The third kappa shape index (κ3) is 2.59. The predicted octanol–water partition coefficient (Wildman–Crippen LogP) is 1.74. The predicted molar refractivity (Wildman–Crippen MR) is 102 cm³/mol. The van der Waals surface area contributed by atoms with E-state index in [2.05, 4.69) is 20.2 Å². The molecular formula is C19H20N4O3S. The van der Waals surface area contributed by atoms with Crippen LogP contribution in [-0.2, 0) is 16.3 Å². The fourth-order valence-electron chi connectivity index (χ4n) is 3.92. The first-order valence-electron chi connectivity index (χ1n) is 9.08. The van der Waals surface area contributed by atoms with E-state index in [1.165, 1.54) is 0 Å². The summed E-state index contributed by atoms with van der Waals surface area (Å²) in [7, 11) is -3.69. The number of piperazine rings is 1. The Morgan fingerprint density at radius 3 is 2.81 bits per heavy atom. The molecule has 2 aliphatic heterocycles. The highest BCUT2D eigenvalue weighted by molar-refractivity contribution is 7.91. The smallest absolute Gasteiger partial charge is 0.209 e. The minimum Gasteiger partial charge on any atom is -0.493 e. The van der Waals surface area contributed by atoms with Crippen molar-refractivity contribution in [3.8, 4) is 5.75 Å². The molecule has 1 aromatic carbocycles. The van der Waals surface area contributed by atoms with Crippen LogP contribution in [0.15, 0.2) is 46.5 Å². The number of benzene rings is 1. The first-order valence-corrected chi connectivity index (χ1v) is 10.6. The van der Waals surface area contributed by atoms with Crippen LogP contribution in [0.1, 0.15) is 5.56 Å². The molecule has 0 unspecified atom stereocenters. The van der Waals surface area contributed by atoms with Gasteiger partial charge in [-0.25, -0.2) is 8.42 Å². The Bertz CT molecular complexity index is 1120. The molecule has 2 N–H and O–H groups in total. The molecule has 8 heteroatoms. The Balaban J connectivity index is 1.65. The van der Waals surface area contributed by atoms with Crippen molar-refractivity contribution >= 4 is 26.6 Å². The second kappa shape index (κ2) is 6.24. The number of H-pyrrole nitrogens is 1. The van der Waals surface area contributed by atoms with E-state index in [1.807, 2.05) is 12.3 Å². The van der Waals surface area contributed by atoms with Gasteiger partial charge in [0.25, 0.3) is 0 Å². The van der Waals surface area contributed by atoms with Crippen molar-refractivity contribution in [2.24, 2.45) is 0 Å². The van der Waals surface area contributed by atoms with E-state index in [0.29, 0.717) is 34.7 Å². The van der Waals surface area contributed by atoms with E-state index in [0.717, 1.165) is 37.4 Å². The highest BCUT2D eigenvalue weighted by Gasteiger charge is 2.29. The van der Waals surface area contributed by atoms with Crippen LogP contribution in [0.25, 0.3) is 11.0 Å². The highest BCUT2D eigenvalue weighted by Crippen LogP contribution is 2.37. The number of aromatic nitrogens is 2. The summed E-state index contributed by atoms with van der Waals surface area (Å²) in [6.45, 7) is 4.06. The Hall–Kier alpha value is -2.58. The van der Waals surface area contributed by atoms with Gasteiger partial charge < -0.3 is 19.9 Å². The van der Waals surface area contributed by atoms with Crippen LogP contribution in [-0.4, -0.2) is 51.2 Å². The van der Waals surface area contributed by atoms with Crippen LogP contribution in [0.2, 0.25) is 0 Å². The zero-order valence-corrected chi connectivity index (χ0v) is 15.6. The fraction of sp³-hybridized carbons (Fsp3) is 0.316. The highest BCUT2D eigenvalue weighted by atomic mass is 32.2. The number of nitrogens with zero attached hydrogens (tertiary/aromatic N) is 2. The van der Waals surface area contributed by atoms with E-state index < -0.39 is 9.84 Å². The molecule has 0 amide bonds. The molecule has 7 nitrogen and oxygen atoms in total. The molecule has 0 aliphatic carbocycles. The lowest BCUT2D eigenvalue weighted by Crippen LogP contribution is -2.43. The molecule has 1 saturated heterocycles. The largest absolute Gasteiger partial charge is 0.493 e. The van der Waals surface area contributed by atoms with E-state index >= 15 is 0 Å². The Morgan fingerprint density at radius 1 is 1.11 bits per heavy atom. The monoisotopic (exact) mass is 384 g/mol. The van der Waals surface area contributed by atoms with Crippen LogP contribution < -0.4 is 15.0 Å². The van der Waals surface area contributed by atoms with Gasteiger partial charge in [0.1, 0.15) is 11.3 Å². The summed E-state index contributed by atoms with van der Waals surface area (Å²) >= 11 is 0. The summed E-state index contributed by atoms with van der Waals surface area (Å²) in [6.07, 6.45) is 4.05. The third-order valence-electron chi connectivity index (χ3n) is 5.24. The number of pyridine rings is 1. The fourth-order valence-corrected chi connectivity index (χ4v) is 5.60. The molecule has 0 radical (unpaired) electrons. The zero-order chi connectivity index (χ0) is 18.4. The van der Waals surface area contributed by atoms with Gasteiger partial charge >= 0.3 is 0 Å².